The zero-order valence-corrected chi connectivity index (χ0v) is 20.1. The number of nitrogens with zero attached hydrogens (tertiary/aromatic N) is 2. The van der Waals surface area contributed by atoms with Gasteiger partial charge in [0.2, 0.25) is 5.91 Å². The summed E-state index contributed by atoms with van der Waals surface area (Å²) in [6.07, 6.45) is 5.61. The molecule has 1 saturated heterocycles. The van der Waals surface area contributed by atoms with Gasteiger partial charge >= 0.3 is 0 Å². The highest BCUT2D eigenvalue weighted by molar-refractivity contribution is 14.0. The molecular formula is C20H41IN4O2. The minimum atomic E-state index is 0. The normalized spacial score (nSPS) is 18.0. The van der Waals surface area contributed by atoms with Crippen LogP contribution in [0.5, 0.6) is 0 Å². The largest absolute Gasteiger partial charge is 0.396 e. The molecule has 1 atom stereocenters. The fourth-order valence-corrected chi connectivity index (χ4v) is 3.59. The van der Waals surface area contributed by atoms with E-state index < -0.39 is 0 Å². The Kier molecular flexibility index (Phi) is 14.1. The molecule has 1 heterocycles. The lowest BCUT2D eigenvalue weighted by Gasteiger charge is -2.31. The summed E-state index contributed by atoms with van der Waals surface area (Å²) in [6.45, 7) is 12.6. The van der Waals surface area contributed by atoms with E-state index in [0.717, 1.165) is 51.3 Å². The molecule has 1 unspecified atom stereocenters. The van der Waals surface area contributed by atoms with Crippen molar-refractivity contribution in [3.8, 4) is 0 Å². The predicted octanol–water partition coefficient (Wildman–Crippen LogP) is 3.00. The number of carbonyl (C=O) groups excluding carboxylic acids is 1. The Hall–Kier alpha value is -0.570. The number of aliphatic hydroxyl groups excluding tert-OH is 1. The molecule has 1 fully saturated rings. The monoisotopic (exact) mass is 496 g/mol. The fourth-order valence-electron chi connectivity index (χ4n) is 3.59. The lowest BCUT2D eigenvalue weighted by Crippen LogP contribution is -2.43. The lowest BCUT2D eigenvalue weighted by molar-refractivity contribution is -0.132. The summed E-state index contributed by atoms with van der Waals surface area (Å²) >= 11 is 0. The molecule has 0 spiro atoms. The van der Waals surface area contributed by atoms with Crippen LogP contribution in [0, 0.1) is 11.3 Å². The van der Waals surface area contributed by atoms with Gasteiger partial charge in [0.05, 0.1) is 0 Å². The van der Waals surface area contributed by atoms with Crippen LogP contribution in [-0.4, -0.2) is 61.2 Å². The van der Waals surface area contributed by atoms with Crippen LogP contribution in [-0.2, 0) is 4.79 Å². The second-order valence-electron chi connectivity index (χ2n) is 7.64. The summed E-state index contributed by atoms with van der Waals surface area (Å²) in [7, 11) is 0. The maximum atomic E-state index is 12.4. The minimum absolute atomic E-state index is 0. The lowest BCUT2D eigenvalue weighted by atomic mass is 9.79. The molecule has 3 N–H and O–H groups in total. The second-order valence-corrected chi connectivity index (χ2v) is 7.64. The first kappa shape index (κ1) is 26.4. The van der Waals surface area contributed by atoms with Crippen molar-refractivity contribution in [1.29, 1.82) is 0 Å². The topological polar surface area (TPSA) is 77.0 Å². The Bertz CT molecular complexity index is 442. The number of carbonyl (C=O) groups is 1. The van der Waals surface area contributed by atoms with E-state index in [1.54, 1.807) is 0 Å². The van der Waals surface area contributed by atoms with Gasteiger partial charge in [0, 0.05) is 45.8 Å². The molecule has 0 bridgehead atoms. The highest BCUT2D eigenvalue weighted by Gasteiger charge is 2.25. The standard InChI is InChI=1S/C20H40N4O2.HI/c1-5-20(6-2,11-14-25)16-23-19(21-7-3)22-12-10-18(26)24-13-8-9-17(4)15-24;/h17,25H,5-16H2,1-4H3,(H2,21,22,23);1H. The molecule has 27 heavy (non-hydrogen) atoms. The molecule has 0 aromatic rings. The number of hydrogen-bond acceptors (Lipinski definition) is 3. The van der Waals surface area contributed by atoms with Gasteiger partial charge in [-0.3, -0.25) is 9.79 Å². The van der Waals surface area contributed by atoms with Crippen LogP contribution < -0.4 is 10.6 Å². The van der Waals surface area contributed by atoms with E-state index in [9.17, 15) is 9.90 Å². The predicted molar refractivity (Wildman–Crippen MR) is 124 cm³/mol. The van der Waals surface area contributed by atoms with Gasteiger partial charge < -0.3 is 20.6 Å². The van der Waals surface area contributed by atoms with Gasteiger partial charge in [0.1, 0.15) is 0 Å². The third-order valence-electron chi connectivity index (χ3n) is 5.70. The highest BCUT2D eigenvalue weighted by atomic mass is 127. The van der Waals surface area contributed by atoms with E-state index in [-0.39, 0.29) is 41.9 Å². The number of rotatable bonds is 10. The van der Waals surface area contributed by atoms with E-state index >= 15 is 0 Å². The molecule has 0 aromatic heterocycles. The molecule has 0 aromatic carbocycles. The number of likely N-dealkylation sites (tertiary alicyclic amines) is 1. The summed E-state index contributed by atoms with van der Waals surface area (Å²) in [4.78, 5) is 19.1. The Morgan fingerprint density at radius 2 is 1.96 bits per heavy atom. The van der Waals surface area contributed by atoms with Gasteiger partial charge in [0.15, 0.2) is 5.96 Å². The molecule has 1 aliphatic heterocycles. The molecule has 160 valence electrons. The zero-order valence-electron chi connectivity index (χ0n) is 17.7. The first-order chi connectivity index (χ1) is 12.5. The van der Waals surface area contributed by atoms with Crippen LogP contribution in [0.1, 0.15) is 66.2 Å². The molecular weight excluding hydrogens is 455 g/mol. The Labute approximate surface area is 183 Å². The maximum Gasteiger partial charge on any atom is 0.224 e. The van der Waals surface area contributed by atoms with Crippen LogP contribution in [0.4, 0.5) is 0 Å². The van der Waals surface area contributed by atoms with E-state index in [1.807, 2.05) is 11.8 Å². The van der Waals surface area contributed by atoms with Gasteiger partial charge in [0.25, 0.3) is 0 Å². The molecule has 1 amide bonds. The maximum absolute atomic E-state index is 12.4. The molecule has 7 heteroatoms. The first-order valence-corrected chi connectivity index (χ1v) is 10.4. The molecule has 0 aliphatic carbocycles. The number of piperidine rings is 1. The van der Waals surface area contributed by atoms with Crippen LogP contribution >= 0.6 is 24.0 Å². The summed E-state index contributed by atoms with van der Waals surface area (Å²) in [6, 6.07) is 0. The van der Waals surface area contributed by atoms with Gasteiger partial charge in [-0.1, -0.05) is 20.8 Å². The zero-order chi connectivity index (χ0) is 19.4. The van der Waals surface area contributed by atoms with Crippen molar-refractivity contribution in [2.45, 2.75) is 66.2 Å². The number of aliphatic imine (C=N–C) groups is 1. The number of aliphatic hydroxyl groups is 1. The summed E-state index contributed by atoms with van der Waals surface area (Å²) < 4.78 is 0. The molecule has 1 aliphatic rings. The van der Waals surface area contributed by atoms with E-state index in [2.05, 4.69) is 31.4 Å². The smallest absolute Gasteiger partial charge is 0.224 e. The number of guanidine groups is 1. The van der Waals surface area contributed by atoms with E-state index in [0.29, 0.717) is 25.4 Å². The number of nitrogens with one attached hydrogen (secondary N) is 2. The average Bonchev–Trinajstić information content (AvgIpc) is 2.65. The highest BCUT2D eigenvalue weighted by Crippen LogP contribution is 2.30. The molecule has 6 nitrogen and oxygen atoms in total. The van der Waals surface area contributed by atoms with Crippen molar-refractivity contribution >= 4 is 35.8 Å². The molecule has 0 saturated carbocycles. The summed E-state index contributed by atoms with van der Waals surface area (Å²) in [5, 5.41) is 15.9. The summed E-state index contributed by atoms with van der Waals surface area (Å²) in [5.74, 6) is 1.61. The van der Waals surface area contributed by atoms with Crippen LogP contribution in [0.25, 0.3) is 0 Å². The van der Waals surface area contributed by atoms with Crippen molar-refractivity contribution in [3.63, 3.8) is 0 Å². The van der Waals surface area contributed by atoms with Gasteiger partial charge in [-0.2, -0.15) is 0 Å². The minimum Gasteiger partial charge on any atom is -0.396 e. The Balaban J connectivity index is 0.00000676. The molecule has 1 rings (SSSR count). The van der Waals surface area contributed by atoms with Crippen LogP contribution in [0.15, 0.2) is 4.99 Å². The third-order valence-corrected chi connectivity index (χ3v) is 5.70. The summed E-state index contributed by atoms with van der Waals surface area (Å²) in [5.41, 5.74) is 0.0524. The van der Waals surface area contributed by atoms with Crippen LogP contribution in [0.3, 0.4) is 0 Å². The van der Waals surface area contributed by atoms with Crippen molar-refractivity contribution in [3.05, 3.63) is 0 Å². The number of amides is 1. The van der Waals surface area contributed by atoms with E-state index in [4.69, 9.17) is 4.99 Å². The molecule has 0 radical (unpaired) electrons. The third kappa shape index (κ3) is 9.45. The number of hydrogen-bond donors (Lipinski definition) is 3. The van der Waals surface area contributed by atoms with Crippen molar-refractivity contribution in [1.82, 2.24) is 15.5 Å². The van der Waals surface area contributed by atoms with Gasteiger partial charge in [-0.05, 0) is 50.4 Å². The Morgan fingerprint density at radius 3 is 2.52 bits per heavy atom. The van der Waals surface area contributed by atoms with Crippen molar-refractivity contribution < 1.29 is 9.90 Å². The Morgan fingerprint density at radius 1 is 1.26 bits per heavy atom. The second kappa shape index (κ2) is 14.4. The fraction of sp³-hybridized carbons (Fsp3) is 0.900. The number of halogens is 1. The van der Waals surface area contributed by atoms with E-state index in [1.165, 1.54) is 6.42 Å². The van der Waals surface area contributed by atoms with Crippen LogP contribution in [0.2, 0.25) is 0 Å². The average molecular weight is 496 g/mol. The van der Waals surface area contributed by atoms with Gasteiger partial charge in [-0.25, -0.2) is 0 Å². The van der Waals surface area contributed by atoms with Gasteiger partial charge in [-0.15, -0.1) is 24.0 Å². The SMILES string of the molecule is CCNC(=NCC(CC)(CC)CCO)NCCC(=O)N1CCCC(C)C1.I. The van der Waals surface area contributed by atoms with Crippen molar-refractivity contribution in [2.24, 2.45) is 16.3 Å². The first-order valence-electron chi connectivity index (χ1n) is 10.4. The van der Waals surface area contributed by atoms with Crippen molar-refractivity contribution in [2.75, 3.05) is 39.3 Å². The quantitative estimate of drug-likeness (QED) is 0.247.